The van der Waals surface area contributed by atoms with E-state index >= 15 is 0 Å². The lowest BCUT2D eigenvalue weighted by Crippen LogP contribution is -2.64. The first-order valence-corrected chi connectivity index (χ1v) is 49.5. The number of hydrogen-bond acceptors (Lipinski definition) is 34. The summed E-state index contributed by atoms with van der Waals surface area (Å²) in [6.45, 7) is 9.04. The number of aliphatic hydroxyl groups excluding tert-OH is 9. The van der Waals surface area contributed by atoms with Crippen LogP contribution >= 0.6 is 21.6 Å². The molecule has 0 aromatic rings. The first-order chi connectivity index (χ1) is 63.7. The van der Waals surface area contributed by atoms with Gasteiger partial charge in [-0.25, -0.2) is 14.4 Å². The van der Waals surface area contributed by atoms with Gasteiger partial charge in [-0.2, -0.15) is 0 Å². The molecular weight excluding hydrogens is 1790 g/mol. The van der Waals surface area contributed by atoms with Gasteiger partial charge in [0, 0.05) is 142 Å². The lowest BCUT2D eigenvalue weighted by atomic mass is 9.83. The summed E-state index contributed by atoms with van der Waals surface area (Å²) in [4.78, 5) is 155. The molecule has 15 unspecified atom stereocenters. The number of nitrogens with one attached hydrogen (secondary N) is 10. The van der Waals surface area contributed by atoms with Crippen LogP contribution in [-0.4, -0.2) is 368 Å². The number of hydrogen-bond donors (Lipinski definition) is 19. The summed E-state index contributed by atoms with van der Waals surface area (Å²) in [7, 11) is 6.33. The number of methoxy groups -OCH3 is 2. The fourth-order valence-electron chi connectivity index (χ4n) is 15.7. The molecule has 0 radical (unpaired) electrons. The van der Waals surface area contributed by atoms with Crippen LogP contribution in [-0.2, 0) is 95.3 Å². The van der Waals surface area contributed by atoms with Crippen molar-refractivity contribution in [3.63, 3.8) is 0 Å². The van der Waals surface area contributed by atoms with E-state index in [9.17, 15) is 103 Å². The van der Waals surface area contributed by atoms with Gasteiger partial charge < -0.3 is 156 Å². The van der Waals surface area contributed by atoms with Gasteiger partial charge in [0.15, 0.2) is 18.9 Å². The second-order valence-corrected chi connectivity index (χ2v) is 37.9. The smallest absolute Gasteiger partial charge is 0.407 e. The van der Waals surface area contributed by atoms with Gasteiger partial charge in [0.25, 0.3) is 0 Å². The minimum absolute atomic E-state index is 0.0232. The molecule has 11 amide bonds. The average Bonchev–Trinajstić information content (AvgIpc) is 1.65. The molecule has 133 heavy (non-hydrogen) atoms. The second-order valence-electron chi connectivity index (χ2n) is 34.8. The second kappa shape index (κ2) is 68.3. The molecule has 4 aliphatic rings. The van der Waals surface area contributed by atoms with Crippen molar-refractivity contribution in [2.45, 2.75) is 354 Å². The van der Waals surface area contributed by atoms with Crippen LogP contribution in [0.3, 0.4) is 0 Å². The van der Waals surface area contributed by atoms with Crippen LogP contribution in [0.5, 0.6) is 0 Å². The number of nitrogens with zero attached hydrogens (tertiary/aromatic N) is 1. The van der Waals surface area contributed by atoms with Gasteiger partial charge in [0.1, 0.15) is 78.8 Å². The zero-order valence-electron chi connectivity index (χ0n) is 78.8. The number of ketones is 1. The fourth-order valence-corrected chi connectivity index (χ4v) is 18.2. The van der Waals surface area contributed by atoms with Crippen molar-refractivity contribution in [3.05, 3.63) is 0 Å². The Bertz CT molecular complexity index is 3120. The largest absolute Gasteiger partial charge is 0.450 e. The van der Waals surface area contributed by atoms with Gasteiger partial charge in [-0.15, -0.1) is 0 Å². The third-order valence-electron chi connectivity index (χ3n) is 23.0. The van der Waals surface area contributed by atoms with Crippen molar-refractivity contribution in [1.82, 2.24) is 58.1 Å². The van der Waals surface area contributed by atoms with Crippen molar-refractivity contribution >= 4 is 92.9 Å². The maximum atomic E-state index is 14.3. The summed E-state index contributed by atoms with van der Waals surface area (Å²) in [5.74, 6) is -1.87. The van der Waals surface area contributed by atoms with Gasteiger partial charge in [-0.3, -0.25) is 43.2 Å². The first kappa shape index (κ1) is 119. The number of likely N-dealkylation sites (tertiary alicyclic amines) is 1. The Labute approximate surface area is 789 Å². The third-order valence-corrected chi connectivity index (χ3v) is 26.4. The molecule has 0 aromatic carbocycles. The van der Waals surface area contributed by atoms with E-state index in [-0.39, 0.29) is 156 Å². The number of carbonyl (C=O) groups is 12. The number of amides is 11. The van der Waals surface area contributed by atoms with Crippen LogP contribution in [0, 0.1) is 0 Å². The molecule has 4 rings (SSSR count). The number of aliphatic hydroxyl groups is 9. The Morgan fingerprint density at radius 3 is 1.09 bits per heavy atom. The van der Waals surface area contributed by atoms with Gasteiger partial charge in [0.05, 0.1) is 78.2 Å². The Kier molecular flexibility index (Phi) is 60.9. The standard InChI is InChI=1S/C88H157N11O32S2/c1-58(103)95-72-78(115)75(112)64(54-100)129-81(72)123-45-22-29-67(107)89-39-16-8-11-19-42-92-84(118)126-48-25-35-88(98-70(110)34-51-132-133-87(4,5)38-33-62(106)28-14-15-32-71(111)99-53-63(122-7)52-61(99)57-121-6,36-26-49-127-85(119)93-43-20-12-9-17-40-90-68(108)30-23-46-124-82-73(96-59(2)104)79(116)76(113)65(55-101)130-82)37-27-50-128-86(120)94-44-21-13-10-18-41-91-69(109)31-24-47-125-83-74(97-60(3)105)80(117)77(114)66(56-102)131-83/h61,63-66,72-83,100-102,112-117H,8-57H2,1-7H3,(H,89,107)(H,90,108)(H,91,109)(H,92,118)(H,93,119)(H,94,120)(H,95,103)(H,96,104)(H,97,105)(H,98,110)/t61-,63+,64?,65?,66?,72?,73?,74?,75?,76?,77?,78?,79?,80?,81?,82?,83?,88?/m1/s1. The molecule has 0 spiro atoms. The van der Waals surface area contributed by atoms with Crippen molar-refractivity contribution in [2.75, 3.05) is 132 Å². The monoisotopic (exact) mass is 1940 g/mol. The number of carbonyl (C=O) groups excluding carboxylic acids is 12. The quantitative estimate of drug-likeness (QED) is 0.0232. The van der Waals surface area contributed by atoms with E-state index in [1.165, 1.54) is 31.6 Å². The molecular formula is C88H157N11O32S2. The fraction of sp³-hybridized carbons (Fsp3) is 0.864. The Hall–Kier alpha value is -6.74. The van der Waals surface area contributed by atoms with E-state index in [0.717, 1.165) is 38.5 Å². The van der Waals surface area contributed by atoms with E-state index in [4.69, 9.17) is 52.1 Å². The zero-order valence-corrected chi connectivity index (χ0v) is 80.5. The van der Waals surface area contributed by atoms with Gasteiger partial charge >= 0.3 is 18.3 Å². The molecule has 4 saturated heterocycles. The summed E-state index contributed by atoms with van der Waals surface area (Å²) in [6.07, 6.45) is -2.93. The van der Waals surface area contributed by atoms with Crippen LogP contribution in [0.15, 0.2) is 0 Å². The van der Waals surface area contributed by atoms with Crippen LogP contribution in [0.25, 0.3) is 0 Å². The molecule has 0 saturated carbocycles. The Morgan fingerprint density at radius 1 is 0.398 bits per heavy atom. The van der Waals surface area contributed by atoms with Crippen LogP contribution in [0.2, 0.25) is 0 Å². The zero-order chi connectivity index (χ0) is 97.9. The number of Topliss-reactive ketones (excluding diaryl/α,β-unsaturated/α-hetero) is 1. The summed E-state index contributed by atoms with van der Waals surface area (Å²) in [5.41, 5.74) is -0.990. The minimum Gasteiger partial charge on any atom is -0.450 e. The summed E-state index contributed by atoms with van der Waals surface area (Å²) in [5, 5.41) is 119. The van der Waals surface area contributed by atoms with Crippen LogP contribution in [0.1, 0.15) is 240 Å². The van der Waals surface area contributed by atoms with Crippen molar-refractivity contribution in [3.8, 4) is 0 Å². The van der Waals surface area contributed by atoms with E-state index in [0.29, 0.717) is 161 Å². The van der Waals surface area contributed by atoms with Gasteiger partial charge in [0.2, 0.25) is 47.3 Å². The van der Waals surface area contributed by atoms with E-state index in [1.807, 2.05) is 18.7 Å². The maximum absolute atomic E-state index is 14.3. The normalized spacial score (nSPS) is 24.0. The molecule has 0 aromatic heterocycles. The first-order valence-electron chi connectivity index (χ1n) is 47.2. The van der Waals surface area contributed by atoms with E-state index in [1.54, 1.807) is 25.0 Å². The third kappa shape index (κ3) is 49.4. The molecule has 43 nitrogen and oxygen atoms in total. The Balaban J connectivity index is 1.31. The van der Waals surface area contributed by atoms with Crippen molar-refractivity contribution in [2.24, 2.45) is 0 Å². The topological polar surface area (TPSA) is 612 Å². The highest BCUT2D eigenvalue weighted by atomic mass is 33.1. The highest BCUT2D eigenvalue weighted by Crippen LogP contribution is 2.40. The van der Waals surface area contributed by atoms with E-state index < -0.39 is 153 Å². The molecule has 4 fully saturated rings. The molecule has 0 aliphatic carbocycles. The number of rotatable bonds is 71. The minimum atomic E-state index is -1.46. The average molecular weight is 1950 g/mol. The molecule has 17 atom stereocenters. The van der Waals surface area contributed by atoms with E-state index in [2.05, 4.69) is 53.2 Å². The molecule has 4 heterocycles. The molecule has 4 aliphatic heterocycles. The molecule has 45 heteroatoms. The number of alkyl carbamates (subject to hydrolysis) is 3. The number of unbranched alkanes of at least 4 members (excludes halogenated alkanes) is 10. The van der Waals surface area contributed by atoms with Crippen molar-refractivity contribution < 1.29 is 156 Å². The predicted octanol–water partition coefficient (Wildman–Crippen LogP) is 1.33. The lowest BCUT2D eigenvalue weighted by Gasteiger charge is -2.42. The highest BCUT2D eigenvalue weighted by molar-refractivity contribution is 8.77. The SMILES string of the molecule is COC[C@H]1C[C@H](OC)CN1C(=O)CCCCC(=O)CCC(C)(C)SSCCC(=O)NC(CCCOC(=O)NCCCCCCNC(=O)CCCOC1OC(CO)C(O)C(O)C1NC(C)=O)(CCCOC(=O)NCCCCCCNC(=O)CCCOC1OC(CO)C(O)C(O)C1NC(C)=O)CCCOC(=O)NCCCCCCNC(=O)CCCOC1OC(CO)C(O)C(O)C1NC(C)=O. The van der Waals surface area contributed by atoms with Gasteiger partial charge in [-0.05, 0) is 136 Å². The molecule has 0 bridgehead atoms. The number of ether oxygens (including phenoxy) is 11. The van der Waals surface area contributed by atoms with Gasteiger partial charge in [-0.1, -0.05) is 60.1 Å². The molecule has 19 N–H and O–H groups in total. The van der Waals surface area contributed by atoms with Crippen LogP contribution < -0.4 is 53.2 Å². The summed E-state index contributed by atoms with van der Waals surface area (Å²) < 4.78 is 61.3. The predicted molar refractivity (Wildman–Crippen MR) is 487 cm³/mol. The Morgan fingerprint density at radius 2 is 0.752 bits per heavy atom. The summed E-state index contributed by atoms with van der Waals surface area (Å²) in [6, 6.07) is -3.35. The lowest BCUT2D eigenvalue weighted by molar-refractivity contribution is -0.270. The van der Waals surface area contributed by atoms with Crippen molar-refractivity contribution in [1.29, 1.82) is 0 Å². The highest BCUT2D eigenvalue weighted by Gasteiger charge is 2.49. The molecule has 768 valence electrons. The summed E-state index contributed by atoms with van der Waals surface area (Å²) >= 11 is 0. The van der Waals surface area contributed by atoms with Crippen LogP contribution in [0.4, 0.5) is 14.4 Å². The maximum Gasteiger partial charge on any atom is 0.407 e.